The summed E-state index contributed by atoms with van der Waals surface area (Å²) >= 11 is 1.67. The van der Waals surface area contributed by atoms with Crippen LogP contribution in [-0.2, 0) is 6.54 Å². The molecule has 0 atom stereocenters. The van der Waals surface area contributed by atoms with E-state index in [-0.39, 0.29) is 6.03 Å². The van der Waals surface area contributed by atoms with Crippen molar-refractivity contribution in [3.63, 3.8) is 0 Å². The zero-order valence-electron chi connectivity index (χ0n) is 10.4. The molecule has 2 rings (SSSR count). The van der Waals surface area contributed by atoms with Crippen molar-refractivity contribution in [2.24, 2.45) is 0 Å². The summed E-state index contributed by atoms with van der Waals surface area (Å²) in [5.74, 6) is 0. The second-order valence-electron chi connectivity index (χ2n) is 4.05. The lowest BCUT2D eigenvalue weighted by Gasteiger charge is -2.17. The number of pyridine rings is 1. The zero-order chi connectivity index (χ0) is 13.0. The monoisotopic (exact) mass is 261 g/mol. The van der Waals surface area contributed by atoms with Gasteiger partial charge in [-0.1, -0.05) is 0 Å². The van der Waals surface area contributed by atoms with Crippen LogP contribution in [0.25, 0.3) is 0 Å². The first-order chi connectivity index (χ1) is 8.66. The van der Waals surface area contributed by atoms with Crippen LogP contribution >= 0.6 is 11.3 Å². The summed E-state index contributed by atoms with van der Waals surface area (Å²) in [5, 5.41) is 4.84. The van der Waals surface area contributed by atoms with Gasteiger partial charge in [0.15, 0.2) is 0 Å². The van der Waals surface area contributed by atoms with E-state index in [1.165, 1.54) is 10.4 Å². The van der Waals surface area contributed by atoms with Gasteiger partial charge < -0.3 is 10.2 Å². The van der Waals surface area contributed by atoms with Gasteiger partial charge in [-0.3, -0.25) is 4.98 Å². The number of carbonyl (C=O) groups is 1. The van der Waals surface area contributed by atoms with E-state index in [0.717, 1.165) is 0 Å². The van der Waals surface area contributed by atoms with Crippen molar-refractivity contribution in [2.75, 3.05) is 12.4 Å². The van der Waals surface area contributed by atoms with Gasteiger partial charge in [-0.25, -0.2) is 4.79 Å². The molecule has 0 aliphatic heterocycles. The van der Waals surface area contributed by atoms with E-state index < -0.39 is 0 Å². The molecular weight excluding hydrogens is 246 g/mol. The first-order valence-corrected chi connectivity index (χ1v) is 6.50. The van der Waals surface area contributed by atoms with E-state index in [4.69, 9.17) is 0 Å². The van der Waals surface area contributed by atoms with Crippen LogP contribution in [-0.4, -0.2) is 23.0 Å². The fourth-order valence-electron chi connectivity index (χ4n) is 1.51. The standard InChI is InChI=1S/C13H15N3OS/c1-10-5-7-18-12(10)9-16(2)13(17)15-11-4-3-6-14-8-11/h3-8H,9H2,1-2H3,(H,15,17). The Hall–Kier alpha value is -1.88. The molecular formula is C13H15N3OS. The third-order valence-electron chi connectivity index (χ3n) is 2.61. The largest absolute Gasteiger partial charge is 0.322 e. The SMILES string of the molecule is Cc1ccsc1CN(C)C(=O)Nc1cccnc1. The summed E-state index contributed by atoms with van der Waals surface area (Å²) in [4.78, 5) is 18.8. The Balaban J connectivity index is 1.95. The number of urea groups is 1. The minimum absolute atomic E-state index is 0.129. The lowest BCUT2D eigenvalue weighted by molar-refractivity contribution is 0.221. The number of rotatable bonds is 3. The number of hydrogen-bond donors (Lipinski definition) is 1. The third kappa shape index (κ3) is 3.07. The number of anilines is 1. The topological polar surface area (TPSA) is 45.2 Å². The van der Waals surface area contributed by atoms with Crippen molar-refractivity contribution in [1.82, 2.24) is 9.88 Å². The molecule has 0 saturated carbocycles. The number of nitrogens with zero attached hydrogens (tertiary/aromatic N) is 2. The van der Waals surface area contributed by atoms with Crippen LogP contribution in [0.15, 0.2) is 36.0 Å². The second-order valence-corrected chi connectivity index (χ2v) is 5.06. The van der Waals surface area contributed by atoms with E-state index in [2.05, 4.69) is 23.3 Å². The van der Waals surface area contributed by atoms with Crippen LogP contribution in [0.2, 0.25) is 0 Å². The molecule has 4 nitrogen and oxygen atoms in total. The van der Waals surface area contributed by atoms with Gasteiger partial charge in [0.25, 0.3) is 0 Å². The fourth-order valence-corrected chi connectivity index (χ4v) is 2.47. The molecule has 0 aliphatic carbocycles. The molecule has 18 heavy (non-hydrogen) atoms. The van der Waals surface area contributed by atoms with Crippen LogP contribution in [0, 0.1) is 6.92 Å². The molecule has 0 saturated heterocycles. The molecule has 0 bridgehead atoms. The van der Waals surface area contributed by atoms with E-state index in [0.29, 0.717) is 12.2 Å². The lowest BCUT2D eigenvalue weighted by atomic mass is 10.3. The molecule has 2 aromatic heterocycles. The highest BCUT2D eigenvalue weighted by molar-refractivity contribution is 7.10. The summed E-state index contributed by atoms with van der Waals surface area (Å²) in [5.41, 5.74) is 1.93. The summed E-state index contributed by atoms with van der Waals surface area (Å²) in [6, 6.07) is 5.54. The molecule has 0 aromatic carbocycles. The van der Waals surface area contributed by atoms with Crippen LogP contribution < -0.4 is 5.32 Å². The molecule has 0 aliphatic rings. The Morgan fingerprint density at radius 1 is 1.50 bits per heavy atom. The van der Waals surface area contributed by atoms with Gasteiger partial charge in [0.2, 0.25) is 0 Å². The van der Waals surface area contributed by atoms with Gasteiger partial charge in [-0.05, 0) is 36.1 Å². The molecule has 5 heteroatoms. The number of hydrogen-bond acceptors (Lipinski definition) is 3. The Bertz CT molecular complexity index is 524. The first kappa shape index (κ1) is 12.6. The zero-order valence-corrected chi connectivity index (χ0v) is 11.2. The van der Waals surface area contributed by atoms with Crippen molar-refractivity contribution in [1.29, 1.82) is 0 Å². The van der Waals surface area contributed by atoms with E-state index >= 15 is 0 Å². The highest BCUT2D eigenvalue weighted by atomic mass is 32.1. The summed E-state index contributed by atoms with van der Waals surface area (Å²) in [6.07, 6.45) is 3.30. The van der Waals surface area contributed by atoms with Gasteiger partial charge in [0, 0.05) is 18.1 Å². The highest BCUT2D eigenvalue weighted by Gasteiger charge is 2.11. The lowest BCUT2D eigenvalue weighted by Crippen LogP contribution is -2.30. The Labute approximate surface area is 110 Å². The van der Waals surface area contributed by atoms with Crippen molar-refractivity contribution >= 4 is 23.1 Å². The normalized spacial score (nSPS) is 10.1. The smallest absolute Gasteiger partial charge is 0.321 e. The molecule has 2 aromatic rings. The number of nitrogens with one attached hydrogen (secondary N) is 1. The number of aryl methyl sites for hydroxylation is 1. The van der Waals surface area contributed by atoms with E-state index in [1.807, 2.05) is 11.4 Å². The maximum absolute atomic E-state index is 11.9. The number of aromatic nitrogens is 1. The molecule has 0 spiro atoms. The highest BCUT2D eigenvalue weighted by Crippen LogP contribution is 2.17. The van der Waals surface area contributed by atoms with Crippen LogP contribution in [0.3, 0.4) is 0 Å². The molecule has 0 radical (unpaired) electrons. The van der Waals surface area contributed by atoms with E-state index in [9.17, 15) is 4.79 Å². The summed E-state index contributed by atoms with van der Waals surface area (Å²) in [6.45, 7) is 2.67. The minimum atomic E-state index is -0.129. The van der Waals surface area contributed by atoms with Gasteiger partial charge in [-0.15, -0.1) is 11.3 Å². The Morgan fingerprint density at radius 2 is 2.33 bits per heavy atom. The number of carbonyl (C=O) groups excluding carboxylic acids is 1. The molecule has 0 fully saturated rings. The summed E-state index contributed by atoms with van der Waals surface area (Å²) in [7, 11) is 1.78. The predicted molar refractivity (Wildman–Crippen MR) is 73.8 cm³/mol. The molecule has 94 valence electrons. The van der Waals surface area contributed by atoms with Gasteiger partial charge in [-0.2, -0.15) is 0 Å². The third-order valence-corrected chi connectivity index (χ3v) is 3.62. The van der Waals surface area contributed by atoms with Gasteiger partial charge >= 0.3 is 6.03 Å². The van der Waals surface area contributed by atoms with Gasteiger partial charge in [0.1, 0.15) is 0 Å². The Kier molecular flexibility index (Phi) is 3.94. The first-order valence-electron chi connectivity index (χ1n) is 5.62. The van der Waals surface area contributed by atoms with Crippen molar-refractivity contribution in [3.05, 3.63) is 46.4 Å². The average Bonchev–Trinajstić information content (AvgIpc) is 2.76. The number of amides is 2. The average molecular weight is 261 g/mol. The Morgan fingerprint density at radius 3 is 2.94 bits per heavy atom. The second kappa shape index (κ2) is 5.64. The quantitative estimate of drug-likeness (QED) is 0.922. The maximum Gasteiger partial charge on any atom is 0.321 e. The minimum Gasteiger partial charge on any atom is -0.322 e. The molecule has 1 N–H and O–H groups in total. The molecule has 2 heterocycles. The molecule has 2 amide bonds. The van der Waals surface area contributed by atoms with Crippen LogP contribution in [0.5, 0.6) is 0 Å². The maximum atomic E-state index is 11.9. The number of thiophene rings is 1. The predicted octanol–water partition coefficient (Wildman–Crippen LogP) is 3.12. The van der Waals surface area contributed by atoms with Crippen molar-refractivity contribution < 1.29 is 4.79 Å². The van der Waals surface area contributed by atoms with E-state index in [1.54, 1.807) is 41.7 Å². The van der Waals surface area contributed by atoms with Crippen LogP contribution in [0.1, 0.15) is 10.4 Å². The van der Waals surface area contributed by atoms with Gasteiger partial charge in [0.05, 0.1) is 18.4 Å². The van der Waals surface area contributed by atoms with Crippen LogP contribution in [0.4, 0.5) is 10.5 Å². The summed E-state index contributed by atoms with van der Waals surface area (Å²) < 4.78 is 0. The van der Waals surface area contributed by atoms with Crippen molar-refractivity contribution in [3.8, 4) is 0 Å². The molecule has 0 unspecified atom stereocenters. The fraction of sp³-hybridized carbons (Fsp3) is 0.231. The van der Waals surface area contributed by atoms with Crippen molar-refractivity contribution in [2.45, 2.75) is 13.5 Å².